The largest absolute Gasteiger partial charge is 0.465 e. The first-order valence-electron chi connectivity index (χ1n) is 4.09. The molecule has 0 aliphatic rings. The van der Waals surface area contributed by atoms with Crippen LogP contribution in [0.15, 0.2) is 0 Å². The van der Waals surface area contributed by atoms with Crippen molar-refractivity contribution in [1.29, 1.82) is 0 Å². The molecule has 0 fully saturated rings. The average Bonchev–Trinajstić information content (AvgIpc) is 2.11. The van der Waals surface area contributed by atoms with Gasteiger partial charge in [0.2, 0.25) is 0 Å². The van der Waals surface area contributed by atoms with Crippen LogP contribution in [0.2, 0.25) is 12.6 Å². The highest BCUT2D eigenvalue weighted by Crippen LogP contribution is 1.98. The molecule has 0 saturated heterocycles. The number of ether oxygens (including phenoxy) is 1. The van der Waals surface area contributed by atoms with Gasteiger partial charge in [0, 0.05) is 7.11 Å². The number of hydrogen-bond donors (Lipinski definition) is 1. The van der Waals surface area contributed by atoms with Gasteiger partial charge in [-0.1, -0.05) is 0 Å². The van der Waals surface area contributed by atoms with Crippen molar-refractivity contribution in [3.05, 3.63) is 0 Å². The minimum absolute atomic E-state index is 0.0305. The summed E-state index contributed by atoms with van der Waals surface area (Å²) in [6.07, 6.45) is 0.882. The summed E-state index contributed by atoms with van der Waals surface area (Å²) in [4.78, 5) is 10.6. The fourth-order valence-corrected chi connectivity index (χ4v) is 1.71. The van der Waals surface area contributed by atoms with Gasteiger partial charge in [-0.05, 0) is 19.0 Å². The van der Waals surface area contributed by atoms with Gasteiger partial charge in [-0.2, -0.15) is 0 Å². The molecule has 12 heavy (non-hydrogen) atoms. The number of esters is 1. The van der Waals surface area contributed by atoms with Crippen molar-refractivity contribution in [3.8, 4) is 0 Å². The van der Waals surface area contributed by atoms with Crippen LogP contribution in [0.25, 0.3) is 0 Å². The molecule has 5 heteroatoms. The maximum absolute atomic E-state index is 10.6. The topological polar surface area (TPSA) is 61.5 Å². The van der Waals surface area contributed by atoms with E-state index in [9.17, 15) is 4.79 Å². The second-order valence-corrected chi connectivity index (χ2v) is 5.28. The molecule has 0 radical (unpaired) electrons. The summed E-state index contributed by atoms with van der Waals surface area (Å²) >= 11 is 0. The number of carbonyl (C=O) groups excluding carboxylic acids is 1. The average molecular weight is 191 g/mol. The second-order valence-electron chi connectivity index (χ2n) is 2.61. The number of nitrogens with two attached hydrogens (primary N) is 1. The SMILES string of the molecule is CO[SiH](C)CCCOC(=O)CN. The zero-order valence-corrected chi connectivity index (χ0v) is 8.86. The Balaban J connectivity index is 3.15. The van der Waals surface area contributed by atoms with Crippen molar-refractivity contribution < 1.29 is 14.0 Å². The van der Waals surface area contributed by atoms with Gasteiger partial charge in [-0.25, -0.2) is 0 Å². The molecule has 0 spiro atoms. The Morgan fingerprint density at radius 1 is 1.58 bits per heavy atom. The fraction of sp³-hybridized carbons (Fsp3) is 0.857. The van der Waals surface area contributed by atoms with Crippen LogP contribution in [-0.2, 0) is 14.0 Å². The van der Waals surface area contributed by atoms with Crippen LogP contribution in [0.5, 0.6) is 0 Å². The van der Waals surface area contributed by atoms with Crippen molar-refractivity contribution in [2.24, 2.45) is 5.73 Å². The molecule has 0 aliphatic carbocycles. The number of hydrogen-bond acceptors (Lipinski definition) is 4. The molecule has 0 amide bonds. The summed E-state index contributed by atoms with van der Waals surface area (Å²) in [6, 6.07) is 1.04. The molecule has 0 aliphatic heterocycles. The smallest absolute Gasteiger partial charge is 0.319 e. The van der Waals surface area contributed by atoms with Crippen LogP contribution >= 0.6 is 0 Å². The molecule has 0 bridgehead atoms. The molecule has 72 valence electrons. The first-order valence-corrected chi connectivity index (χ1v) is 6.53. The van der Waals surface area contributed by atoms with Gasteiger partial charge >= 0.3 is 5.97 Å². The van der Waals surface area contributed by atoms with Gasteiger partial charge in [0.05, 0.1) is 13.2 Å². The summed E-state index contributed by atoms with van der Waals surface area (Å²) in [6.45, 7) is 2.55. The fourth-order valence-electron chi connectivity index (χ4n) is 0.734. The van der Waals surface area contributed by atoms with Gasteiger partial charge in [-0.3, -0.25) is 4.79 Å². The highest BCUT2D eigenvalue weighted by molar-refractivity contribution is 6.50. The van der Waals surface area contributed by atoms with Gasteiger partial charge < -0.3 is 14.9 Å². The molecule has 0 heterocycles. The van der Waals surface area contributed by atoms with E-state index in [0.29, 0.717) is 6.61 Å². The van der Waals surface area contributed by atoms with Crippen LogP contribution in [-0.4, -0.2) is 35.3 Å². The van der Waals surface area contributed by atoms with Gasteiger partial charge in [0.15, 0.2) is 9.04 Å². The lowest BCUT2D eigenvalue weighted by atomic mass is 10.5. The van der Waals surface area contributed by atoms with Crippen molar-refractivity contribution >= 4 is 15.0 Å². The highest BCUT2D eigenvalue weighted by Gasteiger charge is 2.03. The molecular weight excluding hydrogens is 174 g/mol. The quantitative estimate of drug-likeness (QED) is 0.361. The molecule has 0 aromatic carbocycles. The zero-order chi connectivity index (χ0) is 9.40. The molecule has 1 atom stereocenters. The van der Waals surface area contributed by atoms with Crippen LogP contribution in [0.3, 0.4) is 0 Å². The summed E-state index contributed by atoms with van der Waals surface area (Å²) < 4.78 is 9.95. The summed E-state index contributed by atoms with van der Waals surface area (Å²) in [7, 11) is 0.749. The first kappa shape index (κ1) is 11.6. The summed E-state index contributed by atoms with van der Waals surface area (Å²) in [5.74, 6) is -0.332. The standard InChI is InChI=1S/C7H17NO3Si/c1-10-12(2)5-3-4-11-7(9)6-8/h12H,3-6,8H2,1-2H3. The lowest BCUT2D eigenvalue weighted by molar-refractivity contribution is -0.141. The van der Waals surface area contributed by atoms with E-state index in [-0.39, 0.29) is 12.5 Å². The predicted molar refractivity (Wildman–Crippen MR) is 49.5 cm³/mol. The minimum Gasteiger partial charge on any atom is -0.465 e. The van der Waals surface area contributed by atoms with E-state index >= 15 is 0 Å². The maximum Gasteiger partial charge on any atom is 0.319 e. The van der Waals surface area contributed by atoms with Gasteiger partial charge in [-0.15, -0.1) is 0 Å². The van der Waals surface area contributed by atoms with E-state index in [0.717, 1.165) is 12.5 Å². The van der Waals surface area contributed by atoms with Crippen LogP contribution in [0, 0.1) is 0 Å². The highest BCUT2D eigenvalue weighted by atomic mass is 28.3. The molecule has 0 aromatic rings. The lowest BCUT2D eigenvalue weighted by Crippen LogP contribution is -2.18. The van der Waals surface area contributed by atoms with E-state index in [1.54, 1.807) is 7.11 Å². The second kappa shape index (κ2) is 7.27. The van der Waals surface area contributed by atoms with Crippen LogP contribution in [0.4, 0.5) is 0 Å². The number of carbonyl (C=O) groups is 1. The minimum atomic E-state index is -0.976. The molecule has 0 saturated carbocycles. The summed E-state index contributed by atoms with van der Waals surface area (Å²) in [5, 5.41) is 0. The molecule has 4 nitrogen and oxygen atoms in total. The van der Waals surface area contributed by atoms with Crippen molar-refractivity contribution in [2.45, 2.75) is 19.0 Å². The first-order chi connectivity index (χ1) is 5.70. The van der Waals surface area contributed by atoms with Crippen molar-refractivity contribution in [1.82, 2.24) is 0 Å². The predicted octanol–water partition coefficient (Wildman–Crippen LogP) is -0.122. The Bertz CT molecular complexity index is 132. The van der Waals surface area contributed by atoms with Crippen LogP contribution in [0.1, 0.15) is 6.42 Å². The molecule has 0 rings (SSSR count). The third-order valence-electron chi connectivity index (χ3n) is 1.59. The van der Waals surface area contributed by atoms with Crippen molar-refractivity contribution in [2.75, 3.05) is 20.3 Å². The number of rotatable bonds is 6. The van der Waals surface area contributed by atoms with Crippen LogP contribution < -0.4 is 5.73 Å². The van der Waals surface area contributed by atoms with E-state index in [1.807, 2.05) is 0 Å². The molecule has 2 N–H and O–H groups in total. The van der Waals surface area contributed by atoms with Crippen molar-refractivity contribution in [3.63, 3.8) is 0 Å². The van der Waals surface area contributed by atoms with E-state index in [4.69, 9.17) is 14.9 Å². The third-order valence-corrected chi connectivity index (χ3v) is 3.61. The summed E-state index contributed by atoms with van der Waals surface area (Å²) in [5.41, 5.74) is 5.05. The molecule has 1 unspecified atom stereocenters. The Morgan fingerprint density at radius 3 is 2.75 bits per heavy atom. The van der Waals surface area contributed by atoms with E-state index in [1.165, 1.54) is 0 Å². The normalized spacial score (nSPS) is 12.6. The molecule has 0 aromatic heterocycles. The maximum atomic E-state index is 10.6. The Morgan fingerprint density at radius 2 is 2.25 bits per heavy atom. The Kier molecular flexibility index (Phi) is 7.03. The third kappa shape index (κ3) is 6.33. The van der Waals surface area contributed by atoms with Gasteiger partial charge in [0.1, 0.15) is 0 Å². The molecular formula is C7H17NO3Si. The van der Waals surface area contributed by atoms with Gasteiger partial charge in [0.25, 0.3) is 0 Å². The Hall–Kier alpha value is -0.393. The monoisotopic (exact) mass is 191 g/mol. The lowest BCUT2D eigenvalue weighted by Gasteiger charge is -2.06. The Labute approximate surface area is 74.8 Å². The zero-order valence-electron chi connectivity index (χ0n) is 7.71. The van der Waals surface area contributed by atoms with E-state index in [2.05, 4.69) is 6.55 Å². The van der Waals surface area contributed by atoms with E-state index < -0.39 is 9.04 Å².